The molecule has 1 atom stereocenters. The predicted octanol–water partition coefficient (Wildman–Crippen LogP) is 4.72. The Morgan fingerprint density at radius 3 is 2.10 bits per heavy atom. The van der Waals surface area contributed by atoms with Gasteiger partial charge in [-0.15, -0.1) is 0 Å². The second kappa shape index (κ2) is 8.14. The van der Waals surface area contributed by atoms with E-state index in [1.54, 1.807) is 7.05 Å². The van der Waals surface area contributed by atoms with Crippen LogP contribution in [0.5, 0.6) is 0 Å². The van der Waals surface area contributed by atoms with Crippen molar-refractivity contribution in [3.05, 3.63) is 35.4 Å². The molecule has 0 radical (unpaired) electrons. The van der Waals surface area contributed by atoms with Gasteiger partial charge in [0, 0.05) is 31.2 Å². The van der Waals surface area contributed by atoms with Crippen molar-refractivity contribution in [3.63, 3.8) is 0 Å². The van der Waals surface area contributed by atoms with Crippen molar-refractivity contribution < 1.29 is 9.59 Å². The molecule has 0 aliphatic heterocycles. The highest BCUT2D eigenvalue weighted by Crippen LogP contribution is 2.61. The Labute approximate surface area is 186 Å². The number of urea groups is 1. The first-order valence-corrected chi connectivity index (χ1v) is 12.4. The second-order valence-electron chi connectivity index (χ2n) is 10.8. The molecule has 0 spiro atoms. The Morgan fingerprint density at radius 2 is 1.61 bits per heavy atom. The maximum absolute atomic E-state index is 13.5. The molecule has 5 heteroatoms. The van der Waals surface area contributed by atoms with Crippen molar-refractivity contribution in [2.45, 2.75) is 83.3 Å². The SMILES string of the molecule is CCC(NC(=O)N(Cc1ccc(C(=O)NC)cc1)C1CC1)C12CC3CC(CC(C3)C1)C2. The van der Waals surface area contributed by atoms with Crippen molar-refractivity contribution >= 4 is 11.9 Å². The van der Waals surface area contributed by atoms with Gasteiger partial charge < -0.3 is 15.5 Å². The first kappa shape index (κ1) is 20.8. The fraction of sp³-hybridized carbons (Fsp3) is 0.692. The molecule has 5 aliphatic rings. The first-order valence-electron chi connectivity index (χ1n) is 12.4. The molecule has 1 aromatic rings. The molecule has 0 saturated heterocycles. The zero-order chi connectivity index (χ0) is 21.6. The third kappa shape index (κ3) is 4.08. The molecule has 0 heterocycles. The van der Waals surface area contributed by atoms with Gasteiger partial charge in [0.25, 0.3) is 5.91 Å². The van der Waals surface area contributed by atoms with E-state index >= 15 is 0 Å². The molecule has 0 aromatic heterocycles. The third-order valence-corrected chi connectivity index (χ3v) is 8.58. The Bertz CT molecular complexity index is 794. The molecule has 1 aromatic carbocycles. The summed E-state index contributed by atoms with van der Waals surface area (Å²) >= 11 is 0. The van der Waals surface area contributed by atoms with E-state index in [9.17, 15) is 9.59 Å². The molecule has 3 amide bonds. The lowest BCUT2D eigenvalue weighted by Crippen LogP contribution is -2.58. The van der Waals surface area contributed by atoms with Crippen LogP contribution in [0.2, 0.25) is 0 Å². The van der Waals surface area contributed by atoms with Crippen LogP contribution in [0.15, 0.2) is 24.3 Å². The summed E-state index contributed by atoms with van der Waals surface area (Å²) < 4.78 is 0. The zero-order valence-corrected chi connectivity index (χ0v) is 19.0. The van der Waals surface area contributed by atoms with Crippen LogP contribution < -0.4 is 10.6 Å². The van der Waals surface area contributed by atoms with Gasteiger partial charge in [-0.05, 0) is 98.7 Å². The van der Waals surface area contributed by atoms with Crippen LogP contribution in [-0.2, 0) is 6.54 Å². The molecular weight excluding hydrogens is 386 g/mol. The van der Waals surface area contributed by atoms with Gasteiger partial charge in [-0.25, -0.2) is 4.79 Å². The maximum Gasteiger partial charge on any atom is 0.318 e. The summed E-state index contributed by atoms with van der Waals surface area (Å²) in [6.45, 7) is 2.87. The van der Waals surface area contributed by atoms with Crippen LogP contribution in [0, 0.1) is 23.2 Å². The third-order valence-electron chi connectivity index (χ3n) is 8.58. The number of nitrogens with one attached hydrogen (secondary N) is 2. The van der Waals surface area contributed by atoms with Crippen LogP contribution in [-0.4, -0.2) is 36.0 Å². The van der Waals surface area contributed by atoms with E-state index in [1.165, 1.54) is 38.5 Å². The molecule has 6 rings (SSSR count). The molecule has 4 bridgehead atoms. The number of hydrogen-bond donors (Lipinski definition) is 2. The van der Waals surface area contributed by atoms with Gasteiger partial charge in [0.15, 0.2) is 0 Å². The zero-order valence-electron chi connectivity index (χ0n) is 19.0. The van der Waals surface area contributed by atoms with Crippen molar-refractivity contribution in [2.24, 2.45) is 23.2 Å². The molecule has 31 heavy (non-hydrogen) atoms. The summed E-state index contributed by atoms with van der Waals surface area (Å²) in [5.41, 5.74) is 2.07. The van der Waals surface area contributed by atoms with Crippen molar-refractivity contribution in [2.75, 3.05) is 7.05 Å². The van der Waals surface area contributed by atoms with E-state index in [-0.39, 0.29) is 11.9 Å². The highest BCUT2D eigenvalue weighted by atomic mass is 16.2. The quantitative estimate of drug-likeness (QED) is 0.667. The molecular formula is C26H37N3O2. The summed E-state index contributed by atoms with van der Waals surface area (Å²) in [5.74, 6) is 2.62. The summed E-state index contributed by atoms with van der Waals surface area (Å²) in [6, 6.07) is 8.41. The monoisotopic (exact) mass is 423 g/mol. The molecule has 5 nitrogen and oxygen atoms in total. The number of nitrogens with zero attached hydrogens (tertiary/aromatic N) is 1. The lowest BCUT2D eigenvalue weighted by atomic mass is 9.47. The van der Waals surface area contributed by atoms with Gasteiger partial charge in [-0.2, -0.15) is 0 Å². The van der Waals surface area contributed by atoms with E-state index in [0.717, 1.165) is 42.6 Å². The first-order chi connectivity index (χ1) is 15.0. The van der Waals surface area contributed by atoms with E-state index < -0.39 is 0 Å². The number of carbonyl (C=O) groups is 2. The van der Waals surface area contributed by atoms with Gasteiger partial charge in [-0.1, -0.05) is 19.1 Å². The van der Waals surface area contributed by atoms with Crippen LogP contribution >= 0.6 is 0 Å². The Morgan fingerprint density at radius 1 is 1.03 bits per heavy atom. The number of hydrogen-bond acceptors (Lipinski definition) is 2. The van der Waals surface area contributed by atoms with Crippen molar-refractivity contribution in [1.82, 2.24) is 15.5 Å². The van der Waals surface area contributed by atoms with Crippen LogP contribution in [0.25, 0.3) is 0 Å². The van der Waals surface area contributed by atoms with Gasteiger partial charge in [0.1, 0.15) is 0 Å². The molecule has 2 N–H and O–H groups in total. The molecule has 1 unspecified atom stereocenters. The number of benzene rings is 1. The number of amides is 3. The maximum atomic E-state index is 13.5. The molecule has 5 fully saturated rings. The summed E-state index contributed by atoms with van der Waals surface area (Å²) in [4.78, 5) is 27.3. The topological polar surface area (TPSA) is 61.4 Å². The number of rotatable bonds is 7. The normalized spacial score (nSPS) is 31.9. The number of carbonyl (C=O) groups excluding carboxylic acids is 2. The minimum absolute atomic E-state index is 0.0790. The average molecular weight is 424 g/mol. The van der Waals surface area contributed by atoms with Crippen LogP contribution in [0.3, 0.4) is 0 Å². The molecule has 5 saturated carbocycles. The van der Waals surface area contributed by atoms with E-state index in [4.69, 9.17) is 0 Å². The van der Waals surface area contributed by atoms with Gasteiger partial charge in [0.05, 0.1) is 0 Å². The fourth-order valence-corrected chi connectivity index (χ4v) is 7.38. The van der Waals surface area contributed by atoms with E-state index in [1.807, 2.05) is 29.2 Å². The summed E-state index contributed by atoms with van der Waals surface area (Å²) in [7, 11) is 1.64. The Kier molecular flexibility index (Phi) is 5.47. The largest absolute Gasteiger partial charge is 0.355 e. The molecule has 168 valence electrons. The van der Waals surface area contributed by atoms with Crippen LogP contribution in [0.1, 0.15) is 80.6 Å². The lowest BCUT2D eigenvalue weighted by Gasteiger charge is -2.59. The van der Waals surface area contributed by atoms with Gasteiger partial charge in [-0.3, -0.25) is 4.79 Å². The molecule has 5 aliphatic carbocycles. The van der Waals surface area contributed by atoms with E-state index in [0.29, 0.717) is 29.6 Å². The minimum Gasteiger partial charge on any atom is -0.355 e. The average Bonchev–Trinajstić information content (AvgIpc) is 3.59. The highest BCUT2D eigenvalue weighted by molar-refractivity contribution is 5.93. The smallest absolute Gasteiger partial charge is 0.318 e. The van der Waals surface area contributed by atoms with Crippen LogP contribution in [0.4, 0.5) is 4.79 Å². The summed E-state index contributed by atoms with van der Waals surface area (Å²) in [5, 5.41) is 6.18. The van der Waals surface area contributed by atoms with Gasteiger partial charge in [0.2, 0.25) is 0 Å². The highest BCUT2D eigenvalue weighted by Gasteiger charge is 2.54. The Balaban J connectivity index is 1.28. The second-order valence-corrected chi connectivity index (χ2v) is 10.8. The minimum atomic E-state index is -0.0790. The standard InChI is InChI=1S/C26H37N3O2/c1-3-23(26-13-18-10-19(14-26)12-20(11-18)15-26)28-25(31)29(22-8-9-22)16-17-4-6-21(7-5-17)24(30)27-2/h4-7,18-20,22-23H,3,8-16H2,1-2H3,(H,27,30)(H,28,31). The van der Waals surface area contributed by atoms with Gasteiger partial charge >= 0.3 is 6.03 Å². The predicted molar refractivity (Wildman–Crippen MR) is 122 cm³/mol. The van der Waals surface area contributed by atoms with Crippen molar-refractivity contribution in [3.8, 4) is 0 Å². The lowest BCUT2D eigenvalue weighted by molar-refractivity contribution is -0.0727. The van der Waals surface area contributed by atoms with Crippen molar-refractivity contribution in [1.29, 1.82) is 0 Å². The fourth-order valence-electron chi connectivity index (χ4n) is 7.38. The summed E-state index contributed by atoms with van der Waals surface area (Å²) in [6.07, 6.45) is 11.5. The van der Waals surface area contributed by atoms with E-state index in [2.05, 4.69) is 17.6 Å². The Hall–Kier alpha value is -2.04.